The third-order valence-corrected chi connectivity index (χ3v) is 3.99. The van der Waals surface area contributed by atoms with Crippen LogP contribution in [0.25, 0.3) is 0 Å². The third-order valence-electron chi connectivity index (χ3n) is 3.99. The average molecular weight is 295 g/mol. The van der Waals surface area contributed by atoms with Crippen LogP contribution < -0.4 is 5.73 Å². The molecule has 4 N–H and O–H groups in total. The molecule has 1 aliphatic rings. The van der Waals surface area contributed by atoms with Crippen LogP contribution in [0.5, 0.6) is 0 Å². The molecule has 0 radical (unpaired) electrons. The maximum Gasteiger partial charge on any atom is 0.170 e. The molecule has 1 unspecified atom stereocenters. The van der Waals surface area contributed by atoms with Crippen molar-refractivity contribution in [2.75, 3.05) is 19.7 Å². The molecule has 0 aliphatic carbocycles. The van der Waals surface area contributed by atoms with Gasteiger partial charge in [0.05, 0.1) is 0 Å². The quantitative estimate of drug-likeness (QED) is 0.333. The first-order valence-electron chi connectivity index (χ1n) is 7.23. The van der Waals surface area contributed by atoms with Crippen LogP contribution in [0.2, 0.25) is 0 Å². The highest BCUT2D eigenvalue weighted by Crippen LogP contribution is 2.22. The number of hydrogen-bond acceptors (Lipinski definition) is 4. The van der Waals surface area contributed by atoms with Crippen LogP contribution in [0.4, 0.5) is 4.39 Å². The smallest absolute Gasteiger partial charge is 0.170 e. The summed E-state index contributed by atoms with van der Waals surface area (Å²) in [5.41, 5.74) is 6.42. The van der Waals surface area contributed by atoms with Gasteiger partial charge in [-0.25, -0.2) is 4.39 Å². The average Bonchev–Trinajstić information content (AvgIpc) is 2.49. The lowest BCUT2D eigenvalue weighted by atomic mass is 9.95. The van der Waals surface area contributed by atoms with Crippen LogP contribution in [0.1, 0.15) is 30.4 Å². The van der Waals surface area contributed by atoms with Crippen LogP contribution in [-0.2, 0) is 6.54 Å². The second-order valence-corrected chi connectivity index (χ2v) is 5.55. The van der Waals surface area contributed by atoms with Gasteiger partial charge in [-0.15, -0.1) is 0 Å². The van der Waals surface area contributed by atoms with E-state index in [-0.39, 0.29) is 18.3 Å². The Labute approximate surface area is 123 Å². The van der Waals surface area contributed by atoms with Crippen molar-refractivity contribution in [2.45, 2.75) is 25.8 Å². The minimum Gasteiger partial charge on any atom is -0.409 e. The topological polar surface area (TPSA) is 82.1 Å². The van der Waals surface area contributed by atoms with Gasteiger partial charge < -0.3 is 16.0 Å². The second-order valence-electron chi connectivity index (χ2n) is 5.55. The molecule has 21 heavy (non-hydrogen) atoms. The van der Waals surface area contributed by atoms with Crippen LogP contribution >= 0.6 is 0 Å². The molecule has 1 atom stereocenters. The fourth-order valence-corrected chi connectivity index (χ4v) is 2.85. The van der Waals surface area contributed by atoms with Gasteiger partial charge in [0, 0.05) is 30.8 Å². The normalized spacial score (nSPS) is 20.7. The number of nitrogens with two attached hydrogens (primary N) is 1. The van der Waals surface area contributed by atoms with Crippen LogP contribution in [0.3, 0.4) is 0 Å². The number of benzene rings is 1. The van der Waals surface area contributed by atoms with Gasteiger partial charge >= 0.3 is 0 Å². The number of hydrogen-bond donors (Lipinski definition) is 3. The van der Waals surface area contributed by atoms with Crippen molar-refractivity contribution in [3.63, 3.8) is 0 Å². The highest BCUT2D eigenvalue weighted by atomic mass is 19.1. The van der Waals surface area contributed by atoms with Crippen molar-refractivity contribution < 1.29 is 14.7 Å². The molecule has 0 spiro atoms. The van der Waals surface area contributed by atoms with Crippen LogP contribution in [0.15, 0.2) is 23.4 Å². The minimum atomic E-state index is -0.344. The Hall–Kier alpha value is -1.66. The molecular weight excluding hydrogens is 273 g/mol. The maximum absolute atomic E-state index is 14.1. The number of likely N-dealkylation sites (tertiary alicyclic amines) is 1. The molecule has 1 aromatic carbocycles. The molecule has 1 saturated heterocycles. The molecule has 0 aromatic heterocycles. The lowest BCUT2D eigenvalue weighted by molar-refractivity contribution is 0.141. The lowest BCUT2D eigenvalue weighted by Gasteiger charge is -2.32. The van der Waals surface area contributed by atoms with Crippen molar-refractivity contribution in [3.8, 4) is 0 Å². The highest BCUT2D eigenvalue weighted by Gasteiger charge is 2.20. The van der Waals surface area contributed by atoms with Gasteiger partial charge in [0.1, 0.15) is 5.82 Å². The summed E-state index contributed by atoms with van der Waals surface area (Å²) in [4.78, 5) is 2.21. The van der Waals surface area contributed by atoms with Gasteiger partial charge in [0.15, 0.2) is 5.84 Å². The first-order chi connectivity index (χ1) is 10.1. The minimum absolute atomic E-state index is 0.0959. The molecule has 1 aliphatic heterocycles. The van der Waals surface area contributed by atoms with E-state index in [1.807, 2.05) is 0 Å². The monoisotopic (exact) mass is 295 g/mol. The molecule has 0 bridgehead atoms. The van der Waals surface area contributed by atoms with Crippen molar-refractivity contribution in [1.29, 1.82) is 0 Å². The molecule has 2 rings (SSSR count). The van der Waals surface area contributed by atoms with E-state index in [1.54, 1.807) is 12.1 Å². The second kappa shape index (κ2) is 7.38. The molecule has 116 valence electrons. The van der Waals surface area contributed by atoms with Gasteiger partial charge in [-0.3, -0.25) is 4.90 Å². The van der Waals surface area contributed by atoms with E-state index in [0.29, 0.717) is 23.6 Å². The fourth-order valence-electron chi connectivity index (χ4n) is 2.85. The first kappa shape index (κ1) is 15.7. The molecular formula is C15H22FN3O2. The Kier molecular flexibility index (Phi) is 5.52. The Balaban J connectivity index is 2.02. The van der Waals surface area contributed by atoms with Gasteiger partial charge in [0.2, 0.25) is 0 Å². The number of aliphatic hydroxyl groups excluding tert-OH is 1. The number of rotatable bonds is 5. The van der Waals surface area contributed by atoms with E-state index in [9.17, 15) is 4.39 Å². The molecule has 0 saturated carbocycles. The summed E-state index contributed by atoms with van der Waals surface area (Å²) in [7, 11) is 0. The third kappa shape index (κ3) is 4.15. The zero-order valence-corrected chi connectivity index (χ0v) is 12.0. The fraction of sp³-hybridized carbons (Fsp3) is 0.533. The summed E-state index contributed by atoms with van der Waals surface area (Å²) in [6.07, 6.45) is 3.01. The van der Waals surface area contributed by atoms with Gasteiger partial charge in [0.25, 0.3) is 0 Å². The summed E-state index contributed by atoms with van der Waals surface area (Å²) in [5, 5.41) is 20.5. The van der Waals surface area contributed by atoms with E-state index in [4.69, 9.17) is 16.0 Å². The van der Waals surface area contributed by atoms with Gasteiger partial charge in [-0.1, -0.05) is 17.3 Å². The summed E-state index contributed by atoms with van der Waals surface area (Å²) in [5.74, 6) is 0.0491. The summed E-state index contributed by atoms with van der Waals surface area (Å²) < 4.78 is 14.1. The van der Waals surface area contributed by atoms with Crippen molar-refractivity contribution >= 4 is 5.84 Å². The first-order valence-corrected chi connectivity index (χ1v) is 7.23. The number of halogens is 1. The number of piperidine rings is 1. The maximum atomic E-state index is 14.1. The SMILES string of the molecule is N/C(=N/O)c1ccc(CN2CCCC(CCO)C2)c(F)c1. The number of amidine groups is 1. The van der Waals surface area contributed by atoms with E-state index < -0.39 is 0 Å². The molecule has 0 amide bonds. The standard InChI is InChI=1S/C15H22FN3O2/c16-14-8-12(15(17)18-21)3-4-13(14)10-19-6-1-2-11(9-19)5-7-20/h3-4,8,11,20-21H,1-2,5-7,9-10H2,(H2,17,18). The summed E-state index contributed by atoms with van der Waals surface area (Å²) in [6, 6.07) is 4.63. The number of aliphatic hydroxyl groups is 1. The lowest BCUT2D eigenvalue weighted by Crippen LogP contribution is -2.35. The molecule has 1 aromatic rings. The van der Waals surface area contributed by atoms with E-state index >= 15 is 0 Å². The molecule has 6 heteroatoms. The Morgan fingerprint density at radius 2 is 2.29 bits per heavy atom. The Morgan fingerprint density at radius 1 is 1.48 bits per heavy atom. The summed E-state index contributed by atoms with van der Waals surface area (Å²) >= 11 is 0. The van der Waals surface area contributed by atoms with Crippen molar-refractivity contribution in [1.82, 2.24) is 4.90 Å². The Morgan fingerprint density at radius 3 is 2.95 bits per heavy atom. The zero-order valence-electron chi connectivity index (χ0n) is 12.0. The predicted molar refractivity (Wildman–Crippen MR) is 78.6 cm³/mol. The Bertz CT molecular complexity index is 506. The van der Waals surface area contributed by atoms with Crippen molar-refractivity contribution in [3.05, 3.63) is 35.1 Å². The van der Waals surface area contributed by atoms with E-state index in [2.05, 4.69) is 10.1 Å². The van der Waals surface area contributed by atoms with Crippen molar-refractivity contribution in [2.24, 2.45) is 16.8 Å². The van der Waals surface area contributed by atoms with E-state index in [0.717, 1.165) is 32.4 Å². The number of nitrogens with zero attached hydrogens (tertiary/aromatic N) is 2. The highest BCUT2D eigenvalue weighted by molar-refractivity contribution is 5.97. The molecule has 5 nitrogen and oxygen atoms in total. The zero-order chi connectivity index (χ0) is 15.2. The van der Waals surface area contributed by atoms with E-state index in [1.165, 1.54) is 6.07 Å². The van der Waals surface area contributed by atoms with Crippen LogP contribution in [-0.4, -0.2) is 40.7 Å². The molecule has 1 fully saturated rings. The van der Waals surface area contributed by atoms with Crippen LogP contribution in [0, 0.1) is 11.7 Å². The predicted octanol–water partition coefficient (Wildman–Crippen LogP) is 1.51. The summed E-state index contributed by atoms with van der Waals surface area (Å²) in [6.45, 7) is 2.59. The van der Waals surface area contributed by atoms with Gasteiger partial charge in [-0.2, -0.15) is 0 Å². The largest absolute Gasteiger partial charge is 0.409 e. The number of oxime groups is 1. The molecule has 1 heterocycles. The van der Waals surface area contributed by atoms with Gasteiger partial charge in [-0.05, 0) is 37.8 Å².